The van der Waals surface area contributed by atoms with Gasteiger partial charge in [0.1, 0.15) is 0 Å². The zero-order chi connectivity index (χ0) is 10.0. The Hall–Kier alpha value is -0.570. The highest BCUT2D eigenvalue weighted by molar-refractivity contribution is 5.82. The lowest BCUT2D eigenvalue weighted by Gasteiger charge is -2.29. The van der Waals surface area contributed by atoms with Gasteiger partial charge in [-0.3, -0.25) is 9.63 Å². The SMILES string of the molecule is CCC1(C(=O)N2CCCO2)CCCC1. The Morgan fingerprint density at radius 3 is 2.57 bits per heavy atom. The largest absolute Gasteiger partial charge is 0.272 e. The van der Waals surface area contributed by atoms with E-state index in [0.717, 1.165) is 32.2 Å². The summed E-state index contributed by atoms with van der Waals surface area (Å²) in [6.07, 6.45) is 6.47. The second-order valence-electron chi connectivity index (χ2n) is 4.44. The third-order valence-electron chi connectivity index (χ3n) is 3.67. The monoisotopic (exact) mass is 197 g/mol. The molecule has 14 heavy (non-hydrogen) atoms. The van der Waals surface area contributed by atoms with E-state index >= 15 is 0 Å². The fraction of sp³-hybridized carbons (Fsp3) is 0.909. The lowest BCUT2D eigenvalue weighted by molar-refractivity contribution is -0.180. The standard InChI is InChI=1S/C11H19NO2/c1-2-11(6-3-4-7-11)10(13)12-8-5-9-14-12/h2-9H2,1H3. The summed E-state index contributed by atoms with van der Waals surface area (Å²) < 4.78 is 0. The molecule has 2 rings (SSSR count). The lowest BCUT2D eigenvalue weighted by atomic mass is 9.82. The Morgan fingerprint density at radius 2 is 2.07 bits per heavy atom. The molecule has 0 bridgehead atoms. The Morgan fingerprint density at radius 1 is 1.36 bits per heavy atom. The van der Waals surface area contributed by atoms with Crippen LogP contribution in [0.2, 0.25) is 0 Å². The minimum Gasteiger partial charge on any atom is -0.272 e. The van der Waals surface area contributed by atoms with E-state index in [0.29, 0.717) is 6.61 Å². The van der Waals surface area contributed by atoms with Crippen LogP contribution in [0.25, 0.3) is 0 Å². The molecule has 0 aromatic carbocycles. The highest BCUT2D eigenvalue weighted by Crippen LogP contribution is 2.42. The number of hydrogen-bond donors (Lipinski definition) is 0. The van der Waals surface area contributed by atoms with E-state index in [2.05, 4.69) is 6.92 Å². The summed E-state index contributed by atoms with van der Waals surface area (Å²) in [4.78, 5) is 17.5. The highest BCUT2D eigenvalue weighted by atomic mass is 16.7. The molecule has 1 aliphatic heterocycles. The molecule has 0 atom stereocenters. The van der Waals surface area contributed by atoms with Crippen LogP contribution in [0.5, 0.6) is 0 Å². The zero-order valence-electron chi connectivity index (χ0n) is 8.92. The Balaban J connectivity index is 2.06. The zero-order valence-corrected chi connectivity index (χ0v) is 8.92. The average molecular weight is 197 g/mol. The fourth-order valence-electron chi connectivity index (χ4n) is 2.64. The van der Waals surface area contributed by atoms with E-state index in [1.165, 1.54) is 12.8 Å². The van der Waals surface area contributed by atoms with Crippen molar-refractivity contribution in [3.05, 3.63) is 0 Å². The van der Waals surface area contributed by atoms with Crippen molar-refractivity contribution in [1.82, 2.24) is 5.06 Å². The van der Waals surface area contributed by atoms with E-state index in [4.69, 9.17) is 4.84 Å². The summed E-state index contributed by atoms with van der Waals surface area (Å²) in [6.45, 7) is 3.63. The number of hydroxylamine groups is 2. The first kappa shape index (κ1) is 9.97. The topological polar surface area (TPSA) is 29.5 Å². The molecule has 0 spiro atoms. The molecule has 3 nitrogen and oxygen atoms in total. The minimum atomic E-state index is -0.0790. The van der Waals surface area contributed by atoms with Crippen LogP contribution in [-0.2, 0) is 9.63 Å². The maximum absolute atomic E-state index is 12.2. The molecule has 2 aliphatic rings. The van der Waals surface area contributed by atoms with Gasteiger partial charge in [0.05, 0.1) is 18.6 Å². The molecule has 1 aliphatic carbocycles. The third kappa shape index (κ3) is 1.54. The van der Waals surface area contributed by atoms with Crippen LogP contribution in [0, 0.1) is 5.41 Å². The predicted molar refractivity (Wildman–Crippen MR) is 53.5 cm³/mol. The minimum absolute atomic E-state index is 0.0790. The van der Waals surface area contributed by atoms with Gasteiger partial charge in [0.15, 0.2) is 0 Å². The van der Waals surface area contributed by atoms with Crippen LogP contribution in [0.1, 0.15) is 45.4 Å². The van der Waals surface area contributed by atoms with E-state index in [-0.39, 0.29) is 11.3 Å². The summed E-state index contributed by atoms with van der Waals surface area (Å²) >= 11 is 0. The molecule has 1 amide bonds. The van der Waals surface area contributed by atoms with Gasteiger partial charge in [0.2, 0.25) is 0 Å². The highest BCUT2D eigenvalue weighted by Gasteiger charge is 2.43. The third-order valence-corrected chi connectivity index (χ3v) is 3.67. The molecule has 3 heteroatoms. The quantitative estimate of drug-likeness (QED) is 0.678. The molecule has 0 aromatic rings. The number of rotatable bonds is 2. The van der Waals surface area contributed by atoms with Crippen molar-refractivity contribution in [3.8, 4) is 0 Å². The Kier molecular flexibility index (Phi) is 2.77. The number of carbonyl (C=O) groups excluding carboxylic acids is 1. The van der Waals surface area contributed by atoms with Crippen LogP contribution >= 0.6 is 0 Å². The number of carbonyl (C=O) groups is 1. The van der Waals surface area contributed by atoms with Gasteiger partial charge < -0.3 is 0 Å². The van der Waals surface area contributed by atoms with Gasteiger partial charge in [-0.15, -0.1) is 0 Å². The van der Waals surface area contributed by atoms with Crippen molar-refractivity contribution in [2.75, 3.05) is 13.2 Å². The molecule has 1 saturated heterocycles. The Labute approximate surface area is 85.4 Å². The first-order valence-corrected chi connectivity index (χ1v) is 5.73. The van der Waals surface area contributed by atoms with Crippen molar-refractivity contribution < 1.29 is 9.63 Å². The normalized spacial score (nSPS) is 25.6. The molecule has 0 unspecified atom stereocenters. The van der Waals surface area contributed by atoms with Crippen molar-refractivity contribution in [1.29, 1.82) is 0 Å². The molecule has 1 saturated carbocycles. The molecule has 0 radical (unpaired) electrons. The van der Waals surface area contributed by atoms with Crippen LogP contribution in [0.4, 0.5) is 0 Å². The van der Waals surface area contributed by atoms with E-state index in [1.54, 1.807) is 5.06 Å². The van der Waals surface area contributed by atoms with Crippen molar-refractivity contribution in [2.24, 2.45) is 5.41 Å². The number of nitrogens with zero attached hydrogens (tertiary/aromatic N) is 1. The van der Waals surface area contributed by atoms with Gasteiger partial charge in [-0.25, -0.2) is 5.06 Å². The summed E-state index contributed by atoms with van der Waals surface area (Å²) in [5.41, 5.74) is -0.0790. The molecule has 80 valence electrons. The predicted octanol–water partition coefficient (Wildman–Crippen LogP) is 2.12. The lowest BCUT2D eigenvalue weighted by Crippen LogP contribution is -2.40. The van der Waals surface area contributed by atoms with Gasteiger partial charge in [0.25, 0.3) is 5.91 Å². The maximum atomic E-state index is 12.2. The van der Waals surface area contributed by atoms with Gasteiger partial charge in [-0.05, 0) is 25.7 Å². The molecular formula is C11H19NO2. The number of hydrogen-bond acceptors (Lipinski definition) is 2. The molecule has 0 aromatic heterocycles. The van der Waals surface area contributed by atoms with Crippen molar-refractivity contribution >= 4 is 5.91 Å². The smallest absolute Gasteiger partial charge is 0.252 e. The molecule has 2 fully saturated rings. The van der Waals surface area contributed by atoms with Gasteiger partial charge in [0, 0.05) is 0 Å². The van der Waals surface area contributed by atoms with Gasteiger partial charge in [-0.2, -0.15) is 0 Å². The Bertz CT molecular complexity index is 215. The number of amides is 1. The fourth-order valence-corrected chi connectivity index (χ4v) is 2.64. The summed E-state index contributed by atoms with van der Waals surface area (Å²) in [6, 6.07) is 0. The molecular weight excluding hydrogens is 178 g/mol. The van der Waals surface area contributed by atoms with Gasteiger partial charge in [-0.1, -0.05) is 19.8 Å². The summed E-state index contributed by atoms with van der Waals surface area (Å²) in [7, 11) is 0. The first-order valence-electron chi connectivity index (χ1n) is 5.73. The summed E-state index contributed by atoms with van der Waals surface area (Å²) in [5.74, 6) is 0.245. The second kappa shape index (κ2) is 3.89. The molecule has 1 heterocycles. The van der Waals surface area contributed by atoms with Crippen LogP contribution in [-0.4, -0.2) is 24.1 Å². The second-order valence-corrected chi connectivity index (χ2v) is 4.44. The maximum Gasteiger partial charge on any atom is 0.252 e. The van der Waals surface area contributed by atoms with Crippen molar-refractivity contribution in [2.45, 2.75) is 45.4 Å². The van der Waals surface area contributed by atoms with Crippen LogP contribution < -0.4 is 0 Å². The van der Waals surface area contributed by atoms with Crippen LogP contribution in [0.15, 0.2) is 0 Å². The summed E-state index contributed by atoms with van der Waals surface area (Å²) in [5, 5.41) is 1.61. The van der Waals surface area contributed by atoms with Gasteiger partial charge >= 0.3 is 0 Å². The average Bonchev–Trinajstić information content (AvgIpc) is 2.89. The van der Waals surface area contributed by atoms with Crippen molar-refractivity contribution in [3.63, 3.8) is 0 Å². The van der Waals surface area contributed by atoms with E-state index in [9.17, 15) is 4.79 Å². The first-order chi connectivity index (χ1) is 6.78. The van der Waals surface area contributed by atoms with E-state index in [1.807, 2.05) is 0 Å². The van der Waals surface area contributed by atoms with Crippen LogP contribution in [0.3, 0.4) is 0 Å². The molecule has 0 N–H and O–H groups in total. The van der Waals surface area contributed by atoms with E-state index < -0.39 is 0 Å².